The van der Waals surface area contributed by atoms with Gasteiger partial charge in [-0.3, -0.25) is 4.99 Å². The zero-order valence-corrected chi connectivity index (χ0v) is 18.7. The van der Waals surface area contributed by atoms with Gasteiger partial charge in [-0.25, -0.2) is 9.37 Å². The topological polar surface area (TPSA) is 49.3 Å². The third-order valence-corrected chi connectivity index (χ3v) is 5.39. The molecule has 2 unspecified atom stereocenters. The van der Waals surface area contributed by atoms with E-state index in [1.807, 2.05) is 13.1 Å². The smallest absolute Gasteiger partial charge is 0.191 e. The van der Waals surface area contributed by atoms with Crippen molar-refractivity contribution >= 4 is 52.9 Å². The summed E-state index contributed by atoms with van der Waals surface area (Å²) in [4.78, 5) is 10.2. The minimum atomic E-state index is -0.233. The van der Waals surface area contributed by atoms with Gasteiger partial charge >= 0.3 is 0 Å². The Kier molecular flexibility index (Phi) is 8.09. The van der Waals surface area contributed by atoms with Crippen LogP contribution in [-0.4, -0.2) is 30.1 Å². The molecule has 0 bridgehead atoms. The number of aryl methyl sites for hydroxylation is 1. The van der Waals surface area contributed by atoms with E-state index in [0.717, 1.165) is 30.4 Å². The molecule has 0 aliphatic heterocycles. The van der Waals surface area contributed by atoms with Crippen LogP contribution in [0.25, 0.3) is 0 Å². The molecule has 4 nitrogen and oxygen atoms in total. The van der Waals surface area contributed by atoms with Crippen LogP contribution in [0, 0.1) is 12.7 Å². The van der Waals surface area contributed by atoms with Crippen molar-refractivity contribution in [1.29, 1.82) is 0 Å². The van der Waals surface area contributed by atoms with Crippen LogP contribution >= 0.6 is 46.9 Å². The Bertz CT molecular complexity index is 747. The van der Waals surface area contributed by atoms with Crippen LogP contribution < -0.4 is 10.6 Å². The van der Waals surface area contributed by atoms with Gasteiger partial charge in [0.15, 0.2) is 5.96 Å². The van der Waals surface area contributed by atoms with Crippen molar-refractivity contribution in [3.8, 4) is 0 Å². The second kappa shape index (κ2) is 9.85. The lowest BCUT2D eigenvalue weighted by atomic mass is 10.1. The molecule has 1 aromatic heterocycles. The Morgan fingerprint density at radius 3 is 2.92 bits per heavy atom. The highest BCUT2D eigenvalue weighted by molar-refractivity contribution is 14.0. The first-order valence-electron chi connectivity index (χ1n) is 8.48. The molecule has 0 spiro atoms. The van der Waals surface area contributed by atoms with E-state index in [1.54, 1.807) is 23.5 Å². The van der Waals surface area contributed by atoms with Gasteiger partial charge in [0.25, 0.3) is 0 Å². The third-order valence-electron chi connectivity index (χ3n) is 4.09. The fourth-order valence-electron chi connectivity index (χ4n) is 2.81. The average molecular weight is 509 g/mol. The van der Waals surface area contributed by atoms with Crippen LogP contribution in [0.2, 0.25) is 5.02 Å². The molecule has 1 fully saturated rings. The minimum Gasteiger partial charge on any atom is -0.357 e. The van der Waals surface area contributed by atoms with Crippen molar-refractivity contribution in [1.82, 2.24) is 15.6 Å². The molecule has 1 aliphatic carbocycles. The van der Waals surface area contributed by atoms with E-state index in [1.165, 1.54) is 10.9 Å². The lowest BCUT2D eigenvalue weighted by Gasteiger charge is -2.12. The summed E-state index contributed by atoms with van der Waals surface area (Å²) in [5.74, 6) is 0.623. The molecule has 3 rings (SSSR count). The van der Waals surface area contributed by atoms with E-state index in [-0.39, 0.29) is 41.8 Å². The van der Waals surface area contributed by atoms with E-state index in [9.17, 15) is 4.39 Å². The van der Waals surface area contributed by atoms with E-state index in [2.05, 4.69) is 27.5 Å². The van der Waals surface area contributed by atoms with Gasteiger partial charge in [0, 0.05) is 53.1 Å². The number of nitrogens with zero attached hydrogens (tertiary/aromatic N) is 2. The van der Waals surface area contributed by atoms with Crippen molar-refractivity contribution in [2.75, 3.05) is 13.1 Å². The Hall–Kier alpha value is -0.930. The maximum Gasteiger partial charge on any atom is 0.191 e. The number of aliphatic imine (C=N–C) groups is 1. The van der Waals surface area contributed by atoms with E-state index in [4.69, 9.17) is 11.6 Å². The Balaban J connectivity index is 0.00000243. The summed E-state index contributed by atoms with van der Waals surface area (Å²) in [6, 6.07) is 5.00. The molecule has 26 heavy (non-hydrogen) atoms. The van der Waals surface area contributed by atoms with Gasteiger partial charge in [-0.2, -0.15) is 0 Å². The van der Waals surface area contributed by atoms with Crippen LogP contribution in [0.15, 0.2) is 29.4 Å². The quantitative estimate of drug-likeness (QED) is 0.343. The maximum atomic E-state index is 14.0. The van der Waals surface area contributed by atoms with Crippen LogP contribution in [0.1, 0.15) is 34.7 Å². The molecule has 0 radical (unpaired) electrons. The molecule has 1 saturated carbocycles. The molecular weight excluding hydrogens is 486 g/mol. The normalized spacial score (nSPS) is 19.0. The van der Waals surface area contributed by atoms with Crippen LogP contribution in [0.4, 0.5) is 4.39 Å². The summed E-state index contributed by atoms with van der Waals surface area (Å²) in [5.41, 5.74) is 0.607. The summed E-state index contributed by atoms with van der Waals surface area (Å²) >= 11 is 7.86. The molecule has 142 valence electrons. The van der Waals surface area contributed by atoms with Crippen LogP contribution in [0.5, 0.6) is 0 Å². The fourth-order valence-corrected chi connectivity index (χ4v) is 3.89. The first-order valence-corrected chi connectivity index (χ1v) is 9.68. The zero-order chi connectivity index (χ0) is 17.8. The van der Waals surface area contributed by atoms with Crippen LogP contribution in [-0.2, 0) is 6.42 Å². The SMILES string of the molecule is CCNC(=NCCc1ncc(C)s1)NC1CC1c1c(F)cccc1Cl.I. The predicted molar refractivity (Wildman–Crippen MR) is 118 cm³/mol. The van der Waals surface area contributed by atoms with E-state index >= 15 is 0 Å². The first kappa shape index (κ1) is 21.4. The number of thiazole rings is 1. The Labute approximate surface area is 179 Å². The first-order chi connectivity index (χ1) is 12.1. The third kappa shape index (κ3) is 5.53. The van der Waals surface area contributed by atoms with Gasteiger partial charge in [-0.1, -0.05) is 17.7 Å². The number of halogens is 3. The lowest BCUT2D eigenvalue weighted by Crippen LogP contribution is -2.39. The molecule has 0 saturated heterocycles. The summed E-state index contributed by atoms with van der Waals surface area (Å²) in [5, 5.41) is 8.22. The van der Waals surface area contributed by atoms with E-state index < -0.39 is 0 Å². The average Bonchev–Trinajstić information content (AvgIpc) is 3.18. The molecule has 2 N–H and O–H groups in total. The highest BCUT2D eigenvalue weighted by Gasteiger charge is 2.41. The largest absolute Gasteiger partial charge is 0.357 e. The van der Waals surface area contributed by atoms with Crippen molar-refractivity contribution in [2.24, 2.45) is 4.99 Å². The monoisotopic (exact) mass is 508 g/mol. The number of aromatic nitrogens is 1. The highest BCUT2D eigenvalue weighted by atomic mass is 127. The number of benzene rings is 1. The number of guanidine groups is 1. The van der Waals surface area contributed by atoms with Gasteiger partial charge in [-0.15, -0.1) is 35.3 Å². The maximum absolute atomic E-state index is 14.0. The Morgan fingerprint density at radius 1 is 1.46 bits per heavy atom. The van der Waals surface area contributed by atoms with Crippen molar-refractivity contribution in [3.63, 3.8) is 0 Å². The molecule has 2 aromatic rings. The summed E-state index contributed by atoms with van der Waals surface area (Å²) in [6.45, 7) is 5.52. The van der Waals surface area contributed by atoms with E-state index in [0.29, 0.717) is 17.1 Å². The second-order valence-electron chi connectivity index (χ2n) is 6.10. The summed E-state index contributed by atoms with van der Waals surface area (Å²) in [6.07, 6.45) is 3.57. The van der Waals surface area contributed by atoms with Crippen LogP contribution in [0.3, 0.4) is 0 Å². The second-order valence-corrected chi connectivity index (χ2v) is 7.83. The van der Waals surface area contributed by atoms with Crippen molar-refractivity contribution in [2.45, 2.75) is 38.6 Å². The van der Waals surface area contributed by atoms with Gasteiger partial charge in [0.05, 0.1) is 5.01 Å². The summed E-state index contributed by atoms with van der Waals surface area (Å²) in [7, 11) is 0. The predicted octanol–water partition coefficient (Wildman–Crippen LogP) is 4.52. The number of hydrogen-bond donors (Lipinski definition) is 2. The zero-order valence-electron chi connectivity index (χ0n) is 14.8. The lowest BCUT2D eigenvalue weighted by molar-refractivity contribution is 0.608. The number of hydrogen-bond acceptors (Lipinski definition) is 3. The van der Waals surface area contributed by atoms with Crippen molar-refractivity contribution in [3.05, 3.63) is 50.7 Å². The molecule has 1 aliphatic rings. The fraction of sp³-hybridized carbons (Fsp3) is 0.444. The van der Waals surface area contributed by atoms with Gasteiger partial charge in [-0.05, 0) is 32.4 Å². The molecule has 0 amide bonds. The minimum absolute atomic E-state index is 0. The summed E-state index contributed by atoms with van der Waals surface area (Å²) < 4.78 is 14.0. The van der Waals surface area contributed by atoms with Gasteiger partial charge in [0.1, 0.15) is 5.82 Å². The standard InChI is InChI=1S/C18H22ClFN4S.HI/c1-3-21-18(22-8-7-16-23-10-11(2)25-16)24-15-9-12(15)17-13(19)5-4-6-14(17)20;/h4-6,10,12,15H,3,7-9H2,1-2H3,(H2,21,22,24);1H. The van der Waals surface area contributed by atoms with Crippen molar-refractivity contribution < 1.29 is 4.39 Å². The number of nitrogens with one attached hydrogen (secondary N) is 2. The molecule has 2 atom stereocenters. The highest BCUT2D eigenvalue weighted by Crippen LogP contribution is 2.44. The molecular formula is C18H23ClFIN4S. The molecule has 8 heteroatoms. The van der Waals surface area contributed by atoms with Gasteiger partial charge < -0.3 is 10.6 Å². The van der Waals surface area contributed by atoms with Gasteiger partial charge in [0.2, 0.25) is 0 Å². The molecule has 1 heterocycles. The number of rotatable bonds is 6. The Morgan fingerprint density at radius 2 is 2.27 bits per heavy atom. The molecule has 1 aromatic carbocycles.